The van der Waals surface area contributed by atoms with Crippen LogP contribution in [0.2, 0.25) is 0 Å². The van der Waals surface area contributed by atoms with E-state index in [0.717, 1.165) is 24.0 Å². The summed E-state index contributed by atoms with van der Waals surface area (Å²) in [6, 6.07) is 9.40. The standard InChI is InChI=1S/C18H18N6O/c19-10-15-5-3-14(4-6-15)7-8-17(25)20-9-1-2-16-11-21-18-22-13-23-24(18)12-16/h3-6,11-13H,1-2,7-9H2,(H,20,25). The minimum atomic E-state index is 0.0363. The molecule has 0 aliphatic carbocycles. The number of hydrogen-bond donors (Lipinski definition) is 1. The molecule has 126 valence electrons. The highest BCUT2D eigenvalue weighted by Gasteiger charge is 2.03. The van der Waals surface area contributed by atoms with Crippen LogP contribution in [0.5, 0.6) is 0 Å². The third kappa shape index (κ3) is 4.61. The second-order valence-corrected chi connectivity index (χ2v) is 5.73. The molecule has 0 unspecified atom stereocenters. The number of nitrogens with one attached hydrogen (secondary N) is 1. The van der Waals surface area contributed by atoms with Crippen molar-refractivity contribution in [3.8, 4) is 6.07 Å². The van der Waals surface area contributed by atoms with E-state index < -0.39 is 0 Å². The number of fused-ring (bicyclic) bond motifs is 1. The van der Waals surface area contributed by atoms with Crippen LogP contribution in [-0.4, -0.2) is 32.0 Å². The number of aryl methyl sites for hydroxylation is 2. The second kappa shape index (κ2) is 8.02. The number of amides is 1. The maximum absolute atomic E-state index is 11.9. The highest BCUT2D eigenvalue weighted by Crippen LogP contribution is 2.06. The predicted octanol–water partition coefficient (Wildman–Crippen LogP) is 1.68. The summed E-state index contributed by atoms with van der Waals surface area (Å²) in [6.45, 7) is 0.627. The maximum atomic E-state index is 11.9. The van der Waals surface area contributed by atoms with Crippen molar-refractivity contribution in [2.24, 2.45) is 0 Å². The number of rotatable bonds is 7. The summed E-state index contributed by atoms with van der Waals surface area (Å²) in [6.07, 6.45) is 7.94. The Kier molecular flexibility index (Phi) is 5.32. The molecule has 0 atom stereocenters. The quantitative estimate of drug-likeness (QED) is 0.663. The summed E-state index contributed by atoms with van der Waals surface area (Å²) in [5.41, 5.74) is 2.75. The molecule has 3 aromatic rings. The molecule has 0 radical (unpaired) electrons. The first kappa shape index (κ1) is 16.6. The Morgan fingerprint density at radius 3 is 2.80 bits per heavy atom. The number of nitriles is 1. The summed E-state index contributed by atoms with van der Waals surface area (Å²) in [5, 5.41) is 15.8. The summed E-state index contributed by atoms with van der Waals surface area (Å²) in [7, 11) is 0. The van der Waals surface area contributed by atoms with Crippen LogP contribution in [0.25, 0.3) is 5.78 Å². The molecule has 7 nitrogen and oxygen atoms in total. The van der Waals surface area contributed by atoms with Gasteiger partial charge < -0.3 is 5.32 Å². The molecule has 1 N–H and O–H groups in total. The smallest absolute Gasteiger partial charge is 0.252 e. The van der Waals surface area contributed by atoms with Crippen molar-refractivity contribution in [2.75, 3.05) is 6.54 Å². The van der Waals surface area contributed by atoms with Crippen molar-refractivity contribution in [3.05, 3.63) is 59.7 Å². The molecule has 25 heavy (non-hydrogen) atoms. The molecule has 3 rings (SSSR count). The Morgan fingerprint density at radius 1 is 1.16 bits per heavy atom. The fourth-order valence-electron chi connectivity index (χ4n) is 2.50. The van der Waals surface area contributed by atoms with Gasteiger partial charge in [0, 0.05) is 25.4 Å². The molecule has 0 bridgehead atoms. The number of aromatic nitrogens is 4. The number of benzene rings is 1. The van der Waals surface area contributed by atoms with Gasteiger partial charge in [-0.15, -0.1) is 0 Å². The van der Waals surface area contributed by atoms with Crippen LogP contribution in [0, 0.1) is 11.3 Å². The molecular formula is C18H18N6O. The van der Waals surface area contributed by atoms with Crippen LogP contribution in [0.15, 0.2) is 43.0 Å². The highest BCUT2D eigenvalue weighted by atomic mass is 16.1. The van der Waals surface area contributed by atoms with Gasteiger partial charge in [0.1, 0.15) is 6.33 Å². The topological polar surface area (TPSA) is 96.0 Å². The molecule has 7 heteroatoms. The number of hydrogen-bond acceptors (Lipinski definition) is 5. The van der Waals surface area contributed by atoms with Crippen molar-refractivity contribution < 1.29 is 4.79 Å². The highest BCUT2D eigenvalue weighted by molar-refractivity contribution is 5.76. The zero-order valence-corrected chi connectivity index (χ0v) is 13.7. The molecule has 1 aromatic carbocycles. The van der Waals surface area contributed by atoms with Gasteiger partial charge in [0.2, 0.25) is 5.91 Å². The van der Waals surface area contributed by atoms with Crippen LogP contribution in [0.4, 0.5) is 0 Å². The first-order valence-corrected chi connectivity index (χ1v) is 8.14. The van der Waals surface area contributed by atoms with E-state index in [1.807, 2.05) is 18.3 Å². The lowest BCUT2D eigenvalue weighted by Crippen LogP contribution is -2.25. The lowest BCUT2D eigenvalue weighted by atomic mass is 10.1. The van der Waals surface area contributed by atoms with Crippen LogP contribution in [-0.2, 0) is 17.6 Å². The van der Waals surface area contributed by atoms with Gasteiger partial charge in [-0.25, -0.2) is 9.50 Å². The third-order valence-corrected chi connectivity index (χ3v) is 3.88. The predicted molar refractivity (Wildman–Crippen MR) is 91.6 cm³/mol. The number of nitrogens with zero attached hydrogens (tertiary/aromatic N) is 5. The minimum absolute atomic E-state index is 0.0363. The molecule has 0 aliphatic rings. The molecule has 2 heterocycles. The first-order valence-electron chi connectivity index (χ1n) is 8.14. The van der Waals surface area contributed by atoms with Gasteiger partial charge >= 0.3 is 0 Å². The van der Waals surface area contributed by atoms with E-state index in [-0.39, 0.29) is 5.91 Å². The van der Waals surface area contributed by atoms with Crippen molar-refractivity contribution in [3.63, 3.8) is 0 Å². The molecule has 2 aromatic heterocycles. The molecule has 0 saturated heterocycles. The minimum Gasteiger partial charge on any atom is -0.356 e. The summed E-state index contributed by atoms with van der Waals surface area (Å²) >= 11 is 0. The van der Waals surface area contributed by atoms with Gasteiger partial charge in [0.15, 0.2) is 0 Å². The average Bonchev–Trinajstić information content (AvgIpc) is 3.12. The summed E-state index contributed by atoms with van der Waals surface area (Å²) < 4.78 is 1.64. The first-order chi connectivity index (χ1) is 12.2. The lowest BCUT2D eigenvalue weighted by Gasteiger charge is -2.06. The summed E-state index contributed by atoms with van der Waals surface area (Å²) in [4.78, 5) is 20.1. The molecule has 0 aliphatic heterocycles. The number of carbonyl (C=O) groups excluding carboxylic acids is 1. The van der Waals surface area contributed by atoms with E-state index >= 15 is 0 Å². The van der Waals surface area contributed by atoms with Crippen LogP contribution in [0.3, 0.4) is 0 Å². The van der Waals surface area contributed by atoms with E-state index in [1.165, 1.54) is 6.33 Å². The van der Waals surface area contributed by atoms with Crippen molar-refractivity contribution in [1.82, 2.24) is 24.9 Å². The van der Waals surface area contributed by atoms with Gasteiger partial charge in [-0.2, -0.15) is 15.3 Å². The van der Waals surface area contributed by atoms with Gasteiger partial charge in [-0.1, -0.05) is 12.1 Å². The van der Waals surface area contributed by atoms with Gasteiger partial charge in [0.05, 0.1) is 11.6 Å². The molecule has 0 spiro atoms. The van der Waals surface area contributed by atoms with Crippen LogP contribution >= 0.6 is 0 Å². The van der Waals surface area contributed by atoms with E-state index in [0.29, 0.717) is 30.7 Å². The monoisotopic (exact) mass is 334 g/mol. The Hall–Kier alpha value is -3.27. The van der Waals surface area contributed by atoms with Crippen LogP contribution in [0.1, 0.15) is 29.5 Å². The average molecular weight is 334 g/mol. The van der Waals surface area contributed by atoms with Gasteiger partial charge in [0.25, 0.3) is 5.78 Å². The van der Waals surface area contributed by atoms with E-state index in [1.54, 1.807) is 22.8 Å². The van der Waals surface area contributed by atoms with E-state index in [4.69, 9.17) is 5.26 Å². The Labute approximate surface area is 145 Å². The third-order valence-electron chi connectivity index (χ3n) is 3.88. The Morgan fingerprint density at radius 2 is 2.00 bits per heavy atom. The SMILES string of the molecule is N#Cc1ccc(CCC(=O)NCCCc2cnc3ncnn3c2)cc1. The fraction of sp³-hybridized carbons (Fsp3) is 0.278. The molecule has 0 saturated carbocycles. The van der Waals surface area contributed by atoms with Gasteiger partial charge in [-0.3, -0.25) is 4.79 Å². The van der Waals surface area contributed by atoms with Crippen molar-refractivity contribution >= 4 is 11.7 Å². The fourth-order valence-corrected chi connectivity index (χ4v) is 2.50. The molecular weight excluding hydrogens is 316 g/mol. The largest absolute Gasteiger partial charge is 0.356 e. The molecule has 1 amide bonds. The maximum Gasteiger partial charge on any atom is 0.252 e. The molecule has 0 fully saturated rings. The second-order valence-electron chi connectivity index (χ2n) is 5.73. The van der Waals surface area contributed by atoms with Crippen molar-refractivity contribution in [1.29, 1.82) is 5.26 Å². The lowest BCUT2D eigenvalue weighted by molar-refractivity contribution is -0.121. The Balaban J connectivity index is 1.36. The number of carbonyl (C=O) groups is 1. The van der Waals surface area contributed by atoms with Gasteiger partial charge in [-0.05, 0) is 42.5 Å². The zero-order valence-electron chi connectivity index (χ0n) is 13.7. The zero-order chi connectivity index (χ0) is 17.5. The van der Waals surface area contributed by atoms with E-state index in [9.17, 15) is 4.79 Å². The Bertz CT molecular complexity index is 894. The summed E-state index contributed by atoms with van der Waals surface area (Å²) in [5.74, 6) is 0.620. The van der Waals surface area contributed by atoms with Crippen LogP contribution < -0.4 is 5.32 Å². The normalized spacial score (nSPS) is 10.5. The van der Waals surface area contributed by atoms with E-state index in [2.05, 4.69) is 26.5 Å². The van der Waals surface area contributed by atoms with Crippen molar-refractivity contribution in [2.45, 2.75) is 25.7 Å².